The number of ether oxygens (including phenoxy) is 1. The molecule has 0 aliphatic rings. The lowest BCUT2D eigenvalue weighted by molar-refractivity contribution is -0.112. The van der Waals surface area contributed by atoms with Crippen LogP contribution >= 0.6 is 34.2 Å². The van der Waals surface area contributed by atoms with Gasteiger partial charge in [0.15, 0.2) is 0 Å². The standard InChI is InChI=1S/C27H24ClIN2O2/c1-4-33-26-14-19(13-24(29)22(26)15-20-7-5-6-8-23(20)28)12-21(16-30)27(32)31-25-10-9-17(2)11-18(25)3/h5-14H,4,15H2,1-3H3,(H,31,32)/b21-12+. The molecule has 0 fully saturated rings. The van der Waals surface area contributed by atoms with Crippen LogP contribution in [0.4, 0.5) is 5.69 Å². The SMILES string of the molecule is CCOc1cc(/C=C(\C#N)C(=O)Nc2ccc(C)cc2C)cc(I)c1Cc1ccccc1Cl. The summed E-state index contributed by atoms with van der Waals surface area (Å²) in [7, 11) is 0. The van der Waals surface area contributed by atoms with Crippen molar-refractivity contribution < 1.29 is 9.53 Å². The second kappa shape index (κ2) is 11.4. The third-order valence-corrected chi connectivity index (χ3v) is 6.44. The molecule has 0 heterocycles. The maximum absolute atomic E-state index is 12.8. The number of amides is 1. The van der Waals surface area contributed by atoms with Crippen molar-refractivity contribution >= 4 is 51.9 Å². The normalized spacial score (nSPS) is 11.1. The van der Waals surface area contributed by atoms with E-state index in [0.29, 0.717) is 29.5 Å². The number of nitrogens with zero attached hydrogens (tertiary/aromatic N) is 1. The molecule has 0 atom stereocenters. The molecule has 3 rings (SSSR count). The highest BCUT2D eigenvalue weighted by molar-refractivity contribution is 14.1. The number of carbonyl (C=O) groups excluding carboxylic acids is 1. The van der Waals surface area contributed by atoms with E-state index >= 15 is 0 Å². The van der Waals surface area contributed by atoms with Crippen molar-refractivity contribution in [3.8, 4) is 11.8 Å². The number of carbonyl (C=O) groups is 1. The van der Waals surface area contributed by atoms with Crippen molar-refractivity contribution in [1.82, 2.24) is 0 Å². The molecule has 1 amide bonds. The second-order valence-electron chi connectivity index (χ2n) is 7.62. The van der Waals surface area contributed by atoms with E-state index in [1.807, 2.05) is 81.4 Å². The number of hydrogen-bond acceptors (Lipinski definition) is 3. The first-order chi connectivity index (χ1) is 15.8. The number of hydrogen-bond donors (Lipinski definition) is 1. The van der Waals surface area contributed by atoms with E-state index in [9.17, 15) is 10.1 Å². The lowest BCUT2D eigenvalue weighted by atomic mass is 10.0. The van der Waals surface area contributed by atoms with Crippen molar-refractivity contribution in [1.29, 1.82) is 5.26 Å². The van der Waals surface area contributed by atoms with Gasteiger partial charge in [0.1, 0.15) is 17.4 Å². The fourth-order valence-corrected chi connectivity index (χ4v) is 4.48. The molecule has 0 saturated carbocycles. The first kappa shape index (κ1) is 24.8. The Balaban J connectivity index is 1.93. The monoisotopic (exact) mass is 570 g/mol. The van der Waals surface area contributed by atoms with Gasteiger partial charge in [0.25, 0.3) is 5.91 Å². The summed E-state index contributed by atoms with van der Waals surface area (Å²) in [6.45, 7) is 6.34. The lowest BCUT2D eigenvalue weighted by Crippen LogP contribution is -2.14. The number of aryl methyl sites for hydroxylation is 2. The van der Waals surface area contributed by atoms with E-state index in [0.717, 1.165) is 31.4 Å². The molecule has 0 spiro atoms. The third-order valence-electron chi connectivity index (χ3n) is 5.11. The van der Waals surface area contributed by atoms with E-state index in [1.165, 1.54) is 0 Å². The second-order valence-corrected chi connectivity index (χ2v) is 9.19. The van der Waals surface area contributed by atoms with Crippen molar-refractivity contribution in [2.75, 3.05) is 11.9 Å². The Kier molecular flexibility index (Phi) is 8.54. The summed E-state index contributed by atoms with van der Waals surface area (Å²) in [5.74, 6) is 0.264. The van der Waals surface area contributed by atoms with E-state index in [-0.39, 0.29) is 5.57 Å². The molecule has 33 heavy (non-hydrogen) atoms. The summed E-state index contributed by atoms with van der Waals surface area (Å²) >= 11 is 8.62. The molecule has 168 valence electrons. The highest BCUT2D eigenvalue weighted by Gasteiger charge is 2.15. The van der Waals surface area contributed by atoms with Gasteiger partial charge in [-0.2, -0.15) is 5.26 Å². The third kappa shape index (κ3) is 6.37. The van der Waals surface area contributed by atoms with Crippen molar-refractivity contribution in [3.63, 3.8) is 0 Å². The van der Waals surface area contributed by atoms with E-state index in [1.54, 1.807) is 6.08 Å². The van der Waals surface area contributed by atoms with Crippen LogP contribution in [0.5, 0.6) is 5.75 Å². The zero-order valence-corrected chi connectivity index (χ0v) is 21.6. The highest BCUT2D eigenvalue weighted by atomic mass is 127. The Hall–Kier alpha value is -2.82. The molecule has 4 nitrogen and oxygen atoms in total. The van der Waals surface area contributed by atoms with E-state index in [2.05, 4.69) is 27.9 Å². The first-order valence-corrected chi connectivity index (χ1v) is 12.0. The Morgan fingerprint density at radius 1 is 1.18 bits per heavy atom. The van der Waals surface area contributed by atoms with Crippen LogP contribution in [0.3, 0.4) is 0 Å². The van der Waals surface area contributed by atoms with Crippen LogP contribution in [0.1, 0.15) is 34.7 Å². The molecular weight excluding hydrogens is 547 g/mol. The van der Waals surface area contributed by atoms with Crippen LogP contribution in [0.25, 0.3) is 6.08 Å². The van der Waals surface area contributed by atoms with Gasteiger partial charge < -0.3 is 10.1 Å². The zero-order chi connectivity index (χ0) is 24.0. The van der Waals surface area contributed by atoms with Crippen molar-refractivity contribution in [2.45, 2.75) is 27.2 Å². The molecule has 0 saturated heterocycles. The molecule has 0 aliphatic carbocycles. The Morgan fingerprint density at radius 2 is 1.94 bits per heavy atom. The Bertz CT molecular complexity index is 1260. The topological polar surface area (TPSA) is 62.1 Å². The lowest BCUT2D eigenvalue weighted by Gasteiger charge is -2.15. The van der Waals surface area contributed by atoms with Gasteiger partial charge >= 0.3 is 0 Å². The average molecular weight is 571 g/mol. The average Bonchev–Trinajstić information content (AvgIpc) is 2.77. The number of nitriles is 1. The highest BCUT2D eigenvalue weighted by Crippen LogP contribution is 2.31. The molecule has 1 N–H and O–H groups in total. The minimum atomic E-state index is -0.447. The number of rotatable bonds is 7. The molecule has 0 radical (unpaired) electrons. The summed E-state index contributed by atoms with van der Waals surface area (Å²) in [6.07, 6.45) is 2.21. The smallest absolute Gasteiger partial charge is 0.266 e. The van der Waals surface area contributed by atoms with Crippen LogP contribution < -0.4 is 10.1 Å². The summed E-state index contributed by atoms with van der Waals surface area (Å²) in [6, 6.07) is 19.3. The maximum Gasteiger partial charge on any atom is 0.266 e. The van der Waals surface area contributed by atoms with Gasteiger partial charge in [-0.3, -0.25) is 4.79 Å². The van der Waals surface area contributed by atoms with Gasteiger partial charge in [-0.05, 0) is 90.4 Å². The van der Waals surface area contributed by atoms with Gasteiger partial charge in [-0.1, -0.05) is 47.5 Å². The van der Waals surface area contributed by atoms with Gasteiger partial charge in [0.05, 0.1) is 6.61 Å². The number of halogens is 2. The maximum atomic E-state index is 12.8. The Labute approximate surface area is 213 Å². The number of anilines is 1. The predicted octanol–water partition coefficient (Wildman–Crippen LogP) is 7.10. The van der Waals surface area contributed by atoms with E-state index < -0.39 is 5.91 Å². The Morgan fingerprint density at radius 3 is 2.61 bits per heavy atom. The van der Waals surface area contributed by atoms with Crippen LogP contribution in [0.2, 0.25) is 5.02 Å². The molecule has 0 aliphatic heterocycles. The molecular formula is C27H24ClIN2O2. The number of benzene rings is 3. The molecule has 0 bridgehead atoms. The predicted molar refractivity (Wildman–Crippen MR) is 143 cm³/mol. The van der Waals surface area contributed by atoms with Crippen LogP contribution in [0.15, 0.2) is 60.2 Å². The zero-order valence-electron chi connectivity index (χ0n) is 18.7. The van der Waals surface area contributed by atoms with Gasteiger partial charge in [0.2, 0.25) is 0 Å². The van der Waals surface area contributed by atoms with Gasteiger partial charge in [0, 0.05) is 26.3 Å². The minimum Gasteiger partial charge on any atom is -0.494 e. The van der Waals surface area contributed by atoms with Crippen LogP contribution in [0, 0.1) is 28.7 Å². The van der Waals surface area contributed by atoms with Gasteiger partial charge in [-0.25, -0.2) is 0 Å². The summed E-state index contributed by atoms with van der Waals surface area (Å²) in [4.78, 5) is 12.8. The van der Waals surface area contributed by atoms with Crippen molar-refractivity contribution in [2.24, 2.45) is 0 Å². The molecule has 3 aromatic rings. The minimum absolute atomic E-state index is 0.0204. The molecule has 0 aromatic heterocycles. The summed E-state index contributed by atoms with van der Waals surface area (Å²) in [5.41, 5.74) is 5.50. The molecule has 3 aromatic carbocycles. The number of nitrogens with one attached hydrogen (secondary N) is 1. The summed E-state index contributed by atoms with van der Waals surface area (Å²) < 4.78 is 6.88. The first-order valence-electron chi connectivity index (χ1n) is 10.5. The fourth-order valence-electron chi connectivity index (χ4n) is 3.46. The van der Waals surface area contributed by atoms with Gasteiger partial charge in [-0.15, -0.1) is 0 Å². The molecule has 0 unspecified atom stereocenters. The summed E-state index contributed by atoms with van der Waals surface area (Å²) in [5, 5.41) is 13.2. The fraction of sp³-hybridized carbons (Fsp3) is 0.185. The van der Waals surface area contributed by atoms with Crippen LogP contribution in [-0.4, -0.2) is 12.5 Å². The quantitative estimate of drug-likeness (QED) is 0.187. The van der Waals surface area contributed by atoms with Crippen molar-refractivity contribution in [3.05, 3.63) is 96.6 Å². The van der Waals surface area contributed by atoms with Crippen LogP contribution in [-0.2, 0) is 11.2 Å². The largest absolute Gasteiger partial charge is 0.494 e. The van der Waals surface area contributed by atoms with E-state index in [4.69, 9.17) is 16.3 Å². The molecule has 6 heteroatoms.